The van der Waals surface area contributed by atoms with Crippen LogP contribution in [0, 0.1) is 0 Å². The van der Waals surface area contributed by atoms with Gasteiger partial charge < -0.3 is 9.32 Å². The highest BCUT2D eigenvalue weighted by molar-refractivity contribution is 7.86. The molecule has 0 N–H and O–H groups in total. The minimum atomic E-state index is -3.38. The third-order valence-electron chi connectivity index (χ3n) is 4.23. The Labute approximate surface area is 130 Å². The Morgan fingerprint density at radius 3 is 2.32 bits per heavy atom. The van der Waals surface area contributed by atoms with Crippen molar-refractivity contribution in [3.05, 3.63) is 24.2 Å². The van der Waals surface area contributed by atoms with Crippen molar-refractivity contribution in [3.8, 4) is 0 Å². The molecular formula is C14H21N3O4S. The summed E-state index contributed by atoms with van der Waals surface area (Å²) < 4.78 is 33.2. The largest absolute Gasteiger partial charge is 0.472 e. The van der Waals surface area contributed by atoms with Gasteiger partial charge >= 0.3 is 0 Å². The molecule has 2 aliphatic rings. The van der Waals surface area contributed by atoms with E-state index in [4.69, 9.17) is 4.42 Å². The van der Waals surface area contributed by atoms with Gasteiger partial charge in [0.1, 0.15) is 6.26 Å². The molecule has 1 aromatic heterocycles. The van der Waals surface area contributed by atoms with E-state index >= 15 is 0 Å². The summed E-state index contributed by atoms with van der Waals surface area (Å²) in [5.41, 5.74) is 0.510. The predicted molar refractivity (Wildman–Crippen MR) is 80.5 cm³/mol. The molecule has 2 fully saturated rings. The van der Waals surface area contributed by atoms with Crippen LogP contribution in [0.5, 0.6) is 0 Å². The highest BCUT2D eigenvalue weighted by Crippen LogP contribution is 2.19. The van der Waals surface area contributed by atoms with Gasteiger partial charge in [0.2, 0.25) is 0 Å². The fourth-order valence-electron chi connectivity index (χ4n) is 2.98. The molecule has 0 spiro atoms. The lowest BCUT2D eigenvalue weighted by Gasteiger charge is -2.26. The van der Waals surface area contributed by atoms with E-state index in [-0.39, 0.29) is 5.91 Å². The van der Waals surface area contributed by atoms with E-state index in [2.05, 4.69) is 0 Å². The molecule has 3 rings (SSSR count). The van der Waals surface area contributed by atoms with Crippen molar-refractivity contribution < 1.29 is 17.6 Å². The maximum Gasteiger partial charge on any atom is 0.282 e. The summed E-state index contributed by atoms with van der Waals surface area (Å²) in [4.78, 5) is 14.0. The first-order valence-electron chi connectivity index (χ1n) is 7.66. The molecule has 0 unspecified atom stereocenters. The monoisotopic (exact) mass is 327 g/mol. The van der Waals surface area contributed by atoms with Gasteiger partial charge in [-0.05, 0) is 25.3 Å². The van der Waals surface area contributed by atoms with Crippen molar-refractivity contribution in [1.82, 2.24) is 13.5 Å². The minimum Gasteiger partial charge on any atom is -0.472 e. The summed E-state index contributed by atoms with van der Waals surface area (Å²) in [5, 5.41) is 0. The molecule has 0 atom stereocenters. The van der Waals surface area contributed by atoms with Gasteiger partial charge in [-0.2, -0.15) is 17.0 Å². The van der Waals surface area contributed by atoms with Crippen LogP contribution in [0.2, 0.25) is 0 Å². The first kappa shape index (κ1) is 15.5. The molecule has 122 valence electrons. The third-order valence-corrected chi connectivity index (χ3v) is 6.26. The number of carbonyl (C=O) groups excluding carboxylic acids is 1. The highest BCUT2D eigenvalue weighted by atomic mass is 32.2. The Hall–Kier alpha value is -1.38. The maximum absolute atomic E-state index is 12.6. The lowest BCUT2D eigenvalue weighted by atomic mass is 10.3. The zero-order valence-electron chi connectivity index (χ0n) is 12.5. The van der Waals surface area contributed by atoms with Crippen molar-refractivity contribution in [1.29, 1.82) is 0 Å². The Bertz CT molecular complexity index is 608. The van der Waals surface area contributed by atoms with Gasteiger partial charge in [-0.3, -0.25) is 4.79 Å². The first-order valence-corrected chi connectivity index (χ1v) is 9.05. The predicted octanol–water partition coefficient (Wildman–Crippen LogP) is 0.768. The van der Waals surface area contributed by atoms with E-state index in [1.165, 1.54) is 16.8 Å². The average molecular weight is 327 g/mol. The van der Waals surface area contributed by atoms with Gasteiger partial charge in [0.05, 0.1) is 11.8 Å². The summed E-state index contributed by atoms with van der Waals surface area (Å²) in [6.45, 7) is 3.01. The van der Waals surface area contributed by atoms with Crippen LogP contribution in [0.4, 0.5) is 0 Å². The molecule has 0 aromatic carbocycles. The second kappa shape index (κ2) is 6.39. The lowest BCUT2D eigenvalue weighted by molar-refractivity contribution is 0.0763. The maximum atomic E-state index is 12.6. The number of hydrogen-bond acceptors (Lipinski definition) is 4. The number of furan rings is 1. The molecule has 0 aliphatic carbocycles. The van der Waals surface area contributed by atoms with Gasteiger partial charge in [0.15, 0.2) is 0 Å². The molecule has 0 saturated carbocycles. The minimum absolute atomic E-state index is 0.103. The summed E-state index contributed by atoms with van der Waals surface area (Å²) in [6, 6.07) is 1.63. The van der Waals surface area contributed by atoms with Crippen LogP contribution in [-0.2, 0) is 10.2 Å². The second-order valence-corrected chi connectivity index (χ2v) is 7.60. The fourth-order valence-corrected chi connectivity index (χ4v) is 4.70. The van der Waals surface area contributed by atoms with Crippen molar-refractivity contribution in [3.63, 3.8) is 0 Å². The standard InChI is InChI=1S/C14H21N3O4S/c18-14(13-4-11-21-12-13)15-5-3-8-17(10-9-15)22(19,20)16-6-1-2-7-16/h4,11-12H,1-3,5-10H2. The molecular weight excluding hydrogens is 306 g/mol. The fraction of sp³-hybridized carbons (Fsp3) is 0.643. The molecule has 1 amide bonds. The quantitative estimate of drug-likeness (QED) is 0.822. The van der Waals surface area contributed by atoms with Crippen LogP contribution in [0.15, 0.2) is 23.0 Å². The van der Waals surface area contributed by atoms with E-state index in [9.17, 15) is 13.2 Å². The van der Waals surface area contributed by atoms with Gasteiger partial charge in [-0.1, -0.05) is 0 Å². The topological polar surface area (TPSA) is 74.1 Å². The number of carbonyl (C=O) groups is 1. The van der Waals surface area contributed by atoms with Crippen molar-refractivity contribution >= 4 is 16.1 Å². The SMILES string of the molecule is O=C(c1ccoc1)N1CCCN(S(=O)(=O)N2CCCC2)CC1. The van der Waals surface area contributed by atoms with E-state index in [0.717, 1.165) is 12.8 Å². The van der Waals surface area contributed by atoms with Gasteiger partial charge in [-0.25, -0.2) is 0 Å². The molecule has 7 nitrogen and oxygen atoms in total. The molecule has 2 aliphatic heterocycles. The van der Waals surface area contributed by atoms with Crippen LogP contribution in [0.25, 0.3) is 0 Å². The lowest BCUT2D eigenvalue weighted by Crippen LogP contribution is -2.44. The van der Waals surface area contributed by atoms with E-state index < -0.39 is 10.2 Å². The summed E-state index contributed by atoms with van der Waals surface area (Å²) in [6.07, 6.45) is 5.40. The van der Waals surface area contributed by atoms with Crippen molar-refractivity contribution in [2.75, 3.05) is 39.3 Å². The van der Waals surface area contributed by atoms with E-state index in [0.29, 0.717) is 51.3 Å². The molecule has 0 bridgehead atoms. The zero-order chi connectivity index (χ0) is 15.6. The third kappa shape index (κ3) is 3.04. The normalized spacial score (nSPS) is 21.9. The number of hydrogen-bond donors (Lipinski definition) is 0. The number of rotatable bonds is 3. The summed E-state index contributed by atoms with van der Waals surface area (Å²) in [5.74, 6) is -0.103. The molecule has 0 radical (unpaired) electrons. The van der Waals surface area contributed by atoms with Crippen molar-refractivity contribution in [2.45, 2.75) is 19.3 Å². The van der Waals surface area contributed by atoms with Gasteiger partial charge in [0, 0.05) is 39.3 Å². The van der Waals surface area contributed by atoms with Crippen LogP contribution >= 0.6 is 0 Å². The van der Waals surface area contributed by atoms with Gasteiger partial charge in [-0.15, -0.1) is 0 Å². The Balaban J connectivity index is 1.66. The van der Waals surface area contributed by atoms with Crippen LogP contribution in [0.3, 0.4) is 0 Å². The molecule has 22 heavy (non-hydrogen) atoms. The van der Waals surface area contributed by atoms with Crippen LogP contribution in [-0.4, -0.2) is 67.1 Å². The molecule has 3 heterocycles. The number of amides is 1. The van der Waals surface area contributed by atoms with E-state index in [1.54, 1.807) is 15.3 Å². The summed E-state index contributed by atoms with van der Waals surface area (Å²) >= 11 is 0. The Morgan fingerprint density at radius 2 is 1.64 bits per heavy atom. The highest BCUT2D eigenvalue weighted by Gasteiger charge is 2.33. The Kier molecular flexibility index (Phi) is 4.51. The van der Waals surface area contributed by atoms with Gasteiger partial charge in [0.25, 0.3) is 16.1 Å². The van der Waals surface area contributed by atoms with Crippen molar-refractivity contribution in [2.24, 2.45) is 0 Å². The zero-order valence-corrected chi connectivity index (χ0v) is 13.3. The summed E-state index contributed by atoms with van der Waals surface area (Å²) in [7, 11) is -3.38. The first-order chi connectivity index (χ1) is 10.6. The molecule has 2 saturated heterocycles. The smallest absolute Gasteiger partial charge is 0.282 e. The Morgan fingerprint density at radius 1 is 0.955 bits per heavy atom. The van der Waals surface area contributed by atoms with Crippen LogP contribution in [0.1, 0.15) is 29.6 Å². The van der Waals surface area contributed by atoms with E-state index in [1.807, 2.05) is 0 Å². The molecule has 8 heteroatoms. The average Bonchev–Trinajstić information content (AvgIpc) is 3.16. The van der Waals surface area contributed by atoms with Crippen LogP contribution < -0.4 is 0 Å². The second-order valence-electron chi connectivity index (χ2n) is 5.67. The molecule has 1 aromatic rings. The number of nitrogens with zero attached hydrogens (tertiary/aromatic N) is 3.